The Hall–Kier alpha value is -0.970. The molecule has 0 aromatic carbocycles. The van der Waals surface area contributed by atoms with Gasteiger partial charge in [0.2, 0.25) is 0 Å². The minimum Gasteiger partial charge on any atom is -0.255 e. The average molecular weight is 222 g/mol. The Bertz CT molecular complexity index is 379. The summed E-state index contributed by atoms with van der Waals surface area (Å²) in [5, 5.41) is 1.00. The molecule has 0 radical (unpaired) electrons. The highest BCUT2D eigenvalue weighted by Crippen LogP contribution is 2.32. The first-order valence-corrected chi connectivity index (χ1v) is 5.82. The summed E-state index contributed by atoms with van der Waals surface area (Å²) in [6, 6.07) is -0.0502. The Balaban J connectivity index is 2.16. The van der Waals surface area contributed by atoms with E-state index < -0.39 is 0 Å². The van der Waals surface area contributed by atoms with Gasteiger partial charge in [-0.2, -0.15) is 0 Å². The zero-order valence-electron chi connectivity index (χ0n) is 9.14. The Morgan fingerprint density at radius 1 is 1.33 bits per heavy atom. The van der Waals surface area contributed by atoms with Crippen LogP contribution >= 0.6 is 11.8 Å². The molecular weight excluding hydrogens is 208 g/mol. The lowest BCUT2D eigenvalue weighted by molar-refractivity contribution is 0.688. The maximum absolute atomic E-state index is 4.30. The number of aliphatic imine (C=N–C) groups is 4. The summed E-state index contributed by atoms with van der Waals surface area (Å²) in [6.45, 7) is 6.60. The molecule has 0 bridgehead atoms. The molecule has 0 saturated carbocycles. The molecule has 0 N–H and O–H groups in total. The van der Waals surface area contributed by atoms with Gasteiger partial charge in [-0.3, -0.25) is 4.99 Å². The summed E-state index contributed by atoms with van der Waals surface area (Å²) in [6.07, 6.45) is 4.23. The van der Waals surface area contributed by atoms with Crippen LogP contribution in [-0.4, -0.2) is 34.3 Å². The molecule has 2 heterocycles. The molecule has 0 amide bonds. The van der Waals surface area contributed by atoms with Crippen molar-refractivity contribution < 1.29 is 0 Å². The van der Waals surface area contributed by atoms with Crippen LogP contribution in [0.4, 0.5) is 0 Å². The standard InChI is InChI=1S/C10H14N4S/c1-4-10(2,3)15-9-7-8(12-5-11-7)13-6-14-9/h5-7H,4H2,1-3H3. The fourth-order valence-electron chi connectivity index (χ4n) is 1.23. The Morgan fingerprint density at radius 3 is 2.87 bits per heavy atom. The molecule has 2 rings (SSSR count). The number of thioether (sulfide) groups is 1. The normalized spacial score (nSPS) is 23.8. The number of hydrogen-bond acceptors (Lipinski definition) is 5. The van der Waals surface area contributed by atoms with E-state index in [9.17, 15) is 0 Å². The topological polar surface area (TPSA) is 49.4 Å². The van der Waals surface area contributed by atoms with Crippen molar-refractivity contribution in [2.75, 3.05) is 0 Å². The summed E-state index contributed by atoms with van der Waals surface area (Å²) >= 11 is 1.76. The summed E-state index contributed by atoms with van der Waals surface area (Å²) in [5.74, 6) is 0.763. The van der Waals surface area contributed by atoms with Gasteiger partial charge in [-0.15, -0.1) is 11.8 Å². The summed E-state index contributed by atoms with van der Waals surface area (Å²) in [4.78, 5) is 16.8. The van der Waals surface area contributed by atoms with Crippen molar-refractivity contribution in [3.05, 3.63) is 0 Å². The minimum absolute atomic E-state index is 0.0502. The van der Waals surface area contributed by atoms with E-state index in [0.717, 1.165) is 17.3 Å². The van der Waals surface area contributed by atoms with E-state index in [1.165, 1.54) is 0 Å². The molecular formula is C10H14N4S. The van der Waals surface area contributed by atoms with E-state index in [1.807, 2.05) is 0 Å². The molecule has 5 heteroatoms. The third kappa shape index (κ3) is 2.17. The number of hydrogen-bond donors (Lipinski definition) is 0. The van der Waals surface area contributed by atoms with E-state index in [-0.39, 0.29) is 10.8 Å². The van der Waals surface area contributed by atoms with Crippen LogP contribution in [0.5, 0.6) is 0 Å². The predicted molar refractivity (Wildman–Crippen MR) is 67.6 cm³/mol. The van der Waals surface area contributed by atoms with Crippen LogP contribution in [-0.2, 0) is 0 Å². The molecule has 2 aliphatic heterocycles. The van der Waals surface area contributed by atoms with Gasteiger partial charge in [-0.05, 0) is 6.42 Å². The van der Waals surface area contributed by atoms with Crippen LogP contribution in [0.25, 0.3) is 0 Å². The monoisotopic (exact) mass is 222 g/mol. The van der Waals surface area contributed by atoms with Crippen LogP contribution in [0.2, 0.25) is 0 Å². The predicted octanol–water partition coefficient (Wildman–Crippen LogP) is 2.16. The lowest BCUT2D eigenvalue weighted by atomic mass is 10.1. The van der Waals surface area contributed by atoms with Crippen LogP contribution in [0.1, 0.15) is 27.2 Å². The van der Waals surface area contributed by atoms with E-state index >= 15 is 0 Å². The molecule has 0 aliphatic carbocycles. The van der Waals surface area contributed by atoms with Crippen molar-refractivity contribution in [3.63, 3.8) is 0 Å². The molecule has 1 unspecified atom stereocenters. The largest absolute Gasteiger partial charge is 0.255 e. The molecule has 4 nitrogen and oxygen atoms in total. The first-order chi connectivity index (χ1) is 7.12. The van der Waals surface area contributed by atoms with Gasteiger partial charge in [-0.1, -0.05) is 20.8 Å². The molecule has 0 aromatic heterocycles. The van der Waals surface area contributed by atoms with E-state index in [2.05, 4.69) is 40.7 Å². The van der Waals surface area contributed by atoms with E-state index in [1.54, 1.807) is 24.4 Å². The van der Waals surface area contributed by atoms with Gasteiger partial charge in [0.05, 0.1) is 0 Å². The van der Waals surface area contributed by atoms with E-state index in [0.29, 0.717) is 0 Å². The first-order valence-electron chi connectivity index (χ1n) is 5.01. The molecule has 0 saturated heterocycles. The van der Waals surface area contributed by atoms with Crippen LogP contribution in [0.3, 0.4) is 0 Å². The molecule has 0 fully saturated rings. The Morgan fingerprint density at radius 2 is 2.13 bits per heavy atom. The molecule has 2 aliphatic rings. The number of fused-ring (bicyclic) bond motifs is 1. The fraction of sp³-hybridized carbons (Fsp3) is 0.600. The Labute approximate surface area is 93.7 Å². The number of rotatable bonds is 2. The zero-order valence-corrected chi connectivity index (χ0v) is 9.95. The van der Waals surface area contributed by atoms with Crippen molar-refractivity contribution in [1.82, 2.24) is 0 Å². The highest BCUT2D eigenvalue weighted by molar-refractivity contribution is 8.15. The van der Waals surface area contributed by atoms with Crippen molar-refractivity contribution in [1.29, 1.82) is 0 Å². The van der Waals surface area contributed by atoms with Crippen LogP contribution < -0.4 is 0 Å². The molecule has 80 valence electrons. The van der Waals surface area contributed by atoms with Gasteiger partial charge in [0.15, 0.2) is 11.9 Å². The number of nitrogens with zero attached hydrogens (tertiary/aromatic N) is 4. The van der Waals surface area contributed by atoms with Crippen LogP contribution in [0, 0.1) is 0 Å². The third-order valence-corrected chi connectivity index (χ3v) is 3.87. The second-order valence-corrected chi connectivity index (χ2v) is 5.81. The second-order valence-electron chi connectivity index (χ2n) is 4.08. The van der Waals surface area contributed by atoms with Gasteiger partial charge in [0.1, 0.15) is 17.7 Å². The van der Waals surface area contributed by atoms with Gasteiger partial charge >= 0.3 is 0 Å². The molecule has 15 heavy (non-hydrogen) atoms. The minimum atomic E-state index is -0.0502. The summed E-state index contributed by atoms with van der Waals surface area (Å²) < 4.78 is 0.188. The Kier molecular flexibility index (Phi) is 2.73. The van der Waals surface area contributed by atoms with Gasteiger partial charge in [-0.25, -0.2) is 15.0 Å². The van der Waals surface area contributed by atoms with Gasteiger partial charge in [0, 0.05) is 4.75 Å². The lowest BCUT2D eigenvalue weighted by Gasteiger charge is -2.24. The average Bonchev–Trinajstić information content (AvgIpc) is 2.66. The van der Waals surface area contributed by atoms with Crippen molar-refractivity contribution in [2.45, 2.75) is 38.0 Å². The van der Waals surface area contributed by atoms with Gasteiger partial charge in [0.25, 0.3) is 0 Å². The van der Waals surface area contributed by atoms with Crippen LogP contribution in [0.15, 0.2) is 20.0 Å². The highest BCUT2D eigenvalue weighted by Gasteiger charge is 2.30. The maximum atomic E-state index is 4.30. The first kappa shape index (κ1) is 10.5. The quantitative estimate of drug-likeness (QED) is 0.706. The highest BCUT2D eigenvalue weighted by atomic mass is 32.2. The fourth-order valence-corrected chi connectivity index (χ4v) is 2.32. The maximum Gasteiger partial charge on any atom is 0.163 e. The van der Waals surface area contributed by atoms with Gasteiger partial charge < -0.3 is 0 Å². The second kappa shape index (κ2) is 3.89. The van der Waals surface area contributed by atoms with E-state index in [4.69, 9.17) is 0 Å². The summed E-state index contributed by atoms with van der Waals surface area (Å²) in [5.41, 5.74) is 0. The zero-order chi connectivity index (χ0) is 10.9. The van der Waals surface area contributed by atoms with Crippen molar-refractivity contribution in [2.24, 2.45) is 20.0 Å². The molecule has 1 atom stereocenters. The smallest absolute Gasteiger partial charge is 0.163 e. The SMILES string of the molecule is CCC(C)(C)SC1=NC=NC2=NC=NC21. The molecule has 0 spiro atoms. The van der Waals surface area contributed by atoms with Crippen molar-refractivity contribution >= 4 is 35.3 Å². The summed E-state index contributed by atoms with van der Waals surface area (Å²) in [7, 11) is 0. The number of amidine groups is 1. The lowest BCUT2D eigenvalue weighted by Crippen LogP contribution is -2.29. The third-order valence-electron chi connectivity index (χ3n) is 2.49. The van der Waals surface area contributed by atoms with Crippen molar-refractivity contribution in [3.8, 4) is 0 Å². The molecule has 0 aromatic rings.